The quantitative estimate of drug-likeness (QED) is 0.523. The van der Waals surface area contributed by atoms with Gasteiger partial charge in [-0.25, -0.2) is 26.9 Å². The minimum Gasteiger partial charge on any atom is -0.444 e. The summed E-state index contributed by atoms with van der Waals surface area (Å²) in [6.45, 7) is 2.10. The molecular weight excluding hydrogens is 428 g/mol. The van der Waals surface area contributed by atoms with Gasteiger partial charge >= 0.3 is 0 Å². The highest BCUT2D eigenvalue weighted by atomic mass is 32.2. The van der Waals surface area contributed by atoms with Crippen molar-refractivity contribution in [3.63, 3.8) is 0 Å². The van der Waals surface area contributed by atoms with Crippen LogP contribution in [0.2, 0.25) is 0 Å². The molecule has 10 heteroatoms. The monoisotopic (exact) mass is 449 g/mol. The summed E-state index contributed by atoms with van der Waals surface area (Å²) >= 11 is 0. The van der Waals surface area contributed by atoms with Crippen LogP contribution in [0.5, 0.6) is 0 Å². The van der Waals surface area contributed by atoms with E-state index < -0.39 is 26.6 Å². The van der Waals surface area contributed by atoms with Crippen molar-refractivity contribution in [1.29, 1.82) is 0 Å². The Morgan fingerprint density at radius 1 is 1.06 bits per heavy atom. The zero-order valence-corrected chi connectivity index (χ0v) is 17.5. The molecule has 0 unspecified atom stereocenters. The highest BCUT2D eigenvalue weighted by Gasteiger charge is 2.16. The maximum Gasteiger partial charge on any atom is 0.240 e. The molecule has 3 aromatic rings. The van der Waals surface area contributed by atoms with Crippen LogP contribution < -0.4 is 10.0 Å². The van der Waals surface area contributed by atoms with Gasteiger partial charge in [0.05, 0.1) is 10.6 Å². The molecule has 1 heterocycles. The number of carbonyl (C=O) groups is 1. The summed E-state index contributed by atoms with van der Waals surface area (Å²) in [6.07, 6.45) is 1.86. The fourth-order valence-corrected chi connectivity index (χ4v) is 3.74. The van der Waals surface area contributed by atoms with Crippen LogP contribution in [0.4, 0.5) is 8.78 Å². The Bertz CT molecular complexity index is 1160. The van der Waals surface area contributed by atoms with Gasteiger partial charge in [-0.2, -0.15) is 0 Å². The van der Waals surface area contributed by atoms with Crippen LogP contribution in [-0.4, -0.2) is 32.4 Å². The first-order valence-electron chi connectivity index (χ1n) is 9.47. The number of benzene rings is 2. The first-order chi connectivity index (χ1) is 14.7. The van der Waals surface area contributed by atoms with Crippen molar-refractivity contribution < 1.29 is 26.4 Å². The van der Waals surface area contributed by atoms with Crippen LogP contribution in [0.25, 0.3) is 11.5 Å². The molecule has 0 atom stereocenters. The fourth-order valence-electron chi connectivity index (χ4n) is 2.70. The first-order valence-corrected chi connectivity index (χ1v) is 11.0. The molecule has 0 spiro atoms. The van der Waals surface area contributed by atoms with E-state index >= 15 is 0 Å². The Morgan fingerprint density at radius 3 is 2.52 bits per heavy atom. The third-order valence-corrected chi connectivity index (χ3v) is 5.86. The lowest BCUT2D eigenvalue weighted by Gasteiger charge is -2.07. The SMILES string of the molecule is Cc1ccc(-c2nc(CCNC(=O)CCNS(=O)(=O)c3ccc(F)c(F)c3)co2)cc1. The van der Waals surface area contributed by atoms with Gasteiger partial charge in [-0.15, -0.1) is 0 Å². The van der Waals surface area contributed by atoms with Crippen LogP contribution in [0.15, 0.2) is 58.0 Å². The van der Waals surface area contributed by atoms with Crippen LogP contribution in [0, 0.1) is 18.6 Å². The van der Waals surface area contributed by atoms with Crippen molar-refractivity contribution in [1.82, 2.24) is 15.0 Å². The summed E-state index contributed by atoms with van der Waals surface area (Å²) in [6, 6.07) is 10.00. The summed E-state index contributed by atoms with van der Waals surface area (Å²) in [5, 5.41) is 2.67. The van der Waals surface area contributed by atoms with E-state index in [4.69, 9.17) is 4.42 Å². The zero-order valence-electron chi connectivity index (χ0n) is 16.7. The Kier molecular flexibility index (Phi) is 7.13. The minimum atomic E-state index is -4.04. The average Bonchev–Trinajstić information content (AvgIpc) is 3.19. The van der Waals surface area contributed by atoms with Crippen LogP contribution in [-0.2, 0) is 21.2 Å². The van der Waals surface area contributed by atoms with Gasteiger partial charge in [0.15, 0.2) is 11.6 Å². The van der Waals surface area contributed by atoms with Gasteiger partial charge in [0.2, 0.25) is 21.8 Å². The third-order valence-electron chi connectivity index (χ3n) is 4.40. The van der Waals surface area contributed by atoms with Crippen LogP contribution >= 0.6 is 0 Å². The van der Waals surface area contributed by atoms with E-state index in [1.54, 1.807) is 0 Å². The van der Waals surface area contributed by atoms with Gasteiger partial charge in [-0.3, -0.25) is 4.79 Å². The van der Waals surface area contributed by atoms with E-state index in [1.165, 1.54) is 6.26 Å². The molecule has 164 valence electrons. The van der Waals surface area contributed by atoms with Crippen molar-refractivity contribution in [2.24, 2.45) is 0 Å². The van der Waals surface area contributed by atoms with Gasteiger partial charge in [0.25, 0.3) is 0 Å². The molecular formula is C21H21F2N3O4S. The number of halogens is 2. The largest absolute Gasteiger partial charge is 0.444 e. The molecule has 0 saturated heterocycles. The minimum absolute atomic E-state index is 0.115. The van der Waals surface area contributed by atoms with Gasteiger partial charge in [0.1, 0.15) is 6.26 Å². The summed E-state index contributed by atoms with van der Waals surface area (Å²) in [5.74, 6) is -2.28. The van der Waals surface area contributed by atoms with Crippen molar-refractivity contribution >= 4 is 15.9 Å². The molecule has 1 amide bonds. The first kappa shape index (κ1) is 22.6. The number of nitrogens with zero attached hydrogens (tertiary/aromatic N) is 1. The normalized spacial score (nSPS) is 11.5. The zero-order chi connectivity index (χ0) is 22.4. The third kappa shape index (κ3) is 6.19. The molecule has 1 aromatic heterocycles. The molecule has 0 saturated carbocycles. The van der Waals surface area contributed by atoms with Crippen LogP contribution in [0.3, 0.4) is 0 Å². The number of rotatable bonds is 9. The van der Waals surface area contributed by atoms with Gasteiger partial charge in [-0.1, -0.05) is 17.7 Å². The molecule has 0 fully saturated rings. The predicted octanol–water partition coefficient (Wildman–Crippen LogP) is 2.96. The Morgan fingerprint density at radius 2 is 1.81 bits per heavy atom. The number of aryl methyl sites for hydroxylation is 1. The molecule has 2 aromatic carbocycles. The summed E-state index contributed by atoms with van der Waals surface area (Å²) in [7, 11) is -4.04. The molecule has 31 heavy (non-hydrogen) atoms. The van der Waals surface area contributed by atoms with Crippen molar-refractivity contribution in [2.45, 2.75) is 24.7 Å². The molecule has 0 aliphatic carbocycles. The standard InChI is InChI=1S/C21H21F2N3O4S/c1-14-2-4-15(5-3-14)21-26-16(13-30-21)8-10-24-20(27)9-11-25-31(28,29)17-6-7-18(22)19(23)12-17/h2-7,12-13,25H,8-11H2,1H3,(H,24,27). The smallest absolute Gasteiger partial charge is 0.240 e. The molecule has 0 bridgehead atoms. The maximum absolute atomic E-state index is 13.2. The average molecular weight is 449 g/mol. The number of hydrogen-bond donors (Lipinski definition) is 2. The number of hydrogen-bond acceptors (Lipinski definition) is 5. The molecule has 0 aliphatic rings. The van der Waals surface area contributed by atoms with Gasteiger partial charge in [-0.05, 0) is 37.3 Å². The number of aromatic nitrogens is 1. The molecule has 3 rings (SSSR count). The number of sulfonamides is 1. The maximum atomic E-state index is 13.2. The summed E-state index contributed by atoms with van der Waals surface area (Å²) in [5.41, 5.74) is 2.66. The fraction of sp³-hybridized carbons (Fsp3) is 0.238. The van der Waals surface area contributed by atoms with Gasteiger partial charge < -0.3 is 9.73 Å². The molecule has 0 aliphatic heterocycles. The van der Waals surface area contributed by atoms with E-state index in [0.717, 1.165) is 23.3 Å². The number of oxazole rings is 1. The van der Waals surface area contributed by atoms with Crippen molar-refractivity contribution in [3.05, 3.63) is 71.6 Å². The van der Waals surface area contributed by atoms with Crippen LogP contribution in [0.1, 0.15) is 17.7 Å². The number of carbonyl (C=O) groups excluding carboxylic acids is 1. The Hall–Kier alpha value is -3.11. The summed E-state index contributed by atoms with van der Waals surface area (Å²) < 4.78 is 57.9. The Labute approximate surface area is 178 Å². The van der Waals surface area contributed by atoms with Gasteiger partial charge in [0, 0.05) is 31.5 Å². The van der Waals surface area contributed by atoms with Crippen molar-refractivity contribution in [2.75, 3.05) is 13.1 Å². The lowest BCUT2D eigenvalue weighted by molar-refractivity contribution is -0.120. The lowest BCUT2D eigenvalue weighted by Crippen LogP contribution is -2.31. The Balaban J connectivity index is 1.41. The van der Waals surface area contributed by atoms with E-state index in [0.29, 0.717) is 30.6 Å². The van der Waals surface area contributed by atoms with E-state index in [9.17, 15) is 22.0 Å². The highest BCUT2D eigenvalue weighted by molar-refractivity contribution is 7.89. The van der Waals surface area contributed by atoms with E-state index in [1.807, 2.05) is 31.2 Å². The highest BCUT2D eigenvalue weighted by Crippen LogP contribution is 2.19. The number of nitrogens with one attached hydrogen (secondary N) is 2. The van der Waals surface area contributed by atoms with E-state index in [-0.39, 0.29) is 18.9 Å². The second-order valence-corrected chi connectivity index (χ2v) is 8.60. The van der Waals surface area contributed by atoms with E-state index in [2.05, 4.69) is 15.0 Å². The molecule has 2 N–H and O–H groups in total. The molecule has 0 radical (unpaired) electrons. The second-order valence-electron chi connectivity index (χ2n) is 6.83. The summed E-state index contributed by atoms with van der Waals surface area (Å²) in [4.78, 5) is 15.9. The second kappa shape index (κ2) is 9.80. The number of amides is 1. The predicted molar refractivity (Wildman–Crippen MR) is 110 cm³/mol. The molecule has 7 nitrogen and oxygen atoms in total. The topological polar surface area (TPSA) is 101 Å². The lowest BCUT2D eigenvalue weighted by atomic mass is 10.1. The van der Waals surface area contributed by atoms with Crippen molar-refractivity contribution in [3.8, 4) is 11.5 Å².